The van der Waals surface area contributed by atoms with Gasteiger partial charge in [0.15, 0.2) is 5.41 Å². The van der Waals surface area contributed by atoms with Gasteiger partial charge in [0.25, 0.3) is 0 Å². The van der Waals surface area contributed by atoms with Crippen molar-refractivity contribution in [2.24, 2.45) is 11.3 Å². The molecule has 1 rings (SSSR count). The first-order chi connectivity index (χ1) is 9.52. The highest BCUT2D eigenvalue weighted by molar-refractivity contribution is 6.01. The lowest BCUT2D eigenvalue weighted by Gasteiger charge is -2.33. The molecule has 0 N–H and O–H groups in total. The molecule has 1 atom stereocenters. The van der Waals surface area contributed by atoms with Gasteiger partial charge in [0.2, 0.25) is 0 Å². The number of ketones is 1. The smallest absolute Gasteiger partial charge is 0.323 e. The van der Waals surface area contributed by atoms with E-state index >= 15 is 0 Å². The number of Topliss-reactive ketones (excluding diaryl/α,β-unsaturated/α-hetero) is 1. The molecule has 1 aliphatic rings. The van der Waals surface area contributed by atoms with Gasteiger partial charge in [-0.05, 0) is 18.8 Å². The second-order valence-corrected chi connectivity index (χ2v) is 5.39. The molecule has 0 aromatic carbocycles. The summed E-state index contributed by atoms with van der Waals surface area (Å²) in [6.45, 7) is 2.05. The number of unbranched alkanes of at least 4 members (excludes halogenated alkanes) is 2. The maximum atomic E-state index is 12.3. The zero-order valence-electron chi connectivity index (χ0n) is 12.6. The molecule has 1 aliphatic carbocycles. The van der Waals surface area contributed by atoms with Crippen LogP contribution in [0.15, 0.2) is 0 Å². The van der Waals surface area contributed by atoms with Crippen LogP contribution in [0.1, 0.15) is 51.9 Å². The van der Waals surface area contributed by atoms with Crippen molar-refractivity contribution in [1.82, 2.24) is 0 Å². The Morgan fingerprint density at radius 2 is 1.80 bits per heavy atom. The molecule has 5 heteroatoms. The molecule has 114 valence electrons. The summed E-state index contributed by atoms with van der Waals surface area (Å²) < 4.78 is 9.73. The van der Waals surface area contributed by atoms with Crippen molar-refractivity contribution in [2.75, 3.05) is 14.2 Å². The van der Waals surface area contributed by atoms with Crippen LogP contribution in [0, 0.1) is 11.3 Å². The number of hydrogen-bond donors (Lipinski definition) is 0. The van der Waals surface area contributed by atoms with E-state index in [4.69, 9.17) is 9.47 Å². The van der Waals surface area contributed by atoms with Crippen molar-refractivity contribution in [3.63, 3.8) is 0 Å². The van der Waals surface area contributed by atoms with Crippen molar-refractivity contribution < 1.29 is 23.9 Å². The number of methoxy groups -OCH3 is 2. The number of hydrogen-bond acceptors (Lipinski definition) is 5. The summed E-state index contributed by atoms with van der Waals surface area (Å²) >= 11 is 0. The molecular formula is C15H24O5. The minimum atomic E-state index is -1.31. The second-order valence-electron chi connectivity index (χ2n) is 5.39. The van der Waals surface area contributed by atoms with E-state index in [1.54, 1.807) is 0 Å². The Kier molecular flexibility index (Phi) is 6.17. The van der Waals surface area contributed by atoms with Gasteiger partial charge in [0.1, 0.15) is 5.78 Å². The fourth-order valence-electron chi connectivity index (χ4n) is 3.08. The summed E-state index contributed by atoms with van der Waals surface area (Å²) in [6.07, 6.45) is 4.28. The molecule has 0 aromatic heterocycles. The third kappa shape index (κ3) is 3.19. The van der Waals surface area contributed by atoms with Gasteiger partial charge in [-0.3, -0.25) is 14.4 Å². The van der Waals surface area contributed by atoms with E-state index in [1.807, 2.05) is 0 Å². The highest BCUT2D eigenvalue weighted by Crippen LogP contribution is 2.44. The van der Waals surface area contributed by atoms with Gasteiger partial charge < -0.3 is 9.47 Å². The molecule has 0 amide bonds. The lowest BCUT2D eigenvalue weighted by molar-refractivity contribution is -0.174. The fraction of sp³-hybridized carbons (Fsp3) is 0.800. The Bertz CT molecular complexity index is 358. The van der Waals surface area contributed by atoms with Crippen LogP contribution in [-0.4, -0.2) is 31.9 Å². The van der Waals surface area contributed by atoms with E-state index in [0.717, 1.165) is 19.3 Å². The van der Waals surface area contributed by atoms with Crippen molar-refractivity contribution in [3.05, 3.63) is 0 Å². The lowest BCUT2D eigenvalue weighted by Crippen LogP contribution is -2.46. The minimum Gasteiger partial charge on any atom is -0.468 e. The Balaban J connectivity index is 3.07. The van der Waals surface area contributed by atoms with Crippen LogP contribution in [-0.2, 0) is 23.9 Å². The van der Waals surface area contributed by atoms with E-state index in [2.05, 4.69) is 6.92 Å². The van der Waals surface area contributed by atoms with Crippen LogP contribution in [0.4, 0.5) is 0 Å². The van der Waals surface area contributed by atoms with Crippen molar-refractivity contribution >= 4 is 17.7 Å². The molecule has 20 heavy (non-hydrogen) atoms. The predicted molar refractivity (Wildman–Crippen MR) is 73.0 cm³/mol. The average Bonchev–Trinajstić information content (AvgIpc) is 2.89. The topological polar surface area (TPSA) is 69.7 Å². The Labute approximate surface area is 120 Å². The molecule has 1 unspecified atom stereocenters. The maximum Gasteiger partial charge on any atom is 0.323 e. The Hall–Kier alpha value is -1.39. The third-order valence-corrected chi connectivity index (χ3v) is 4.22. The lowest BCUT2D eigenvalue weighted by atomic mass is 9.70. The normalized spacial score (nSPS) is 18.9. The quantitative estimate of drug-likeness (QED) is 0.407. The van der Waals surface area contributed by atoms with Crippen LogP contribution >= 0.6 is 0 Å². The number of esters is 2. The summed E-state index contributed by atoms with van der Waals surface area (Å²) in [5.74, 6) is -1.34. The fourth-order valence-corrected chi connectivity index (χ4v) is 3.08. The average molecular weight is 284 g/mol. The molecule has 1 saturated carbocycles. The van der Waals surface area contributed by atoms with Gasteiger partial charge in [0.05, 0.1) is 14.2 Å². The number of carbonyl (C=O) groups excluding carboxylic acids is 3. The number of carbonyl (C=O) groups is 3. The van der Waals surface area contributed by atoms with E-state index in [1.165, 1.54) is 14.2 Å². The van der Waals surface area contributed by atoms with Gasteiger partial charge >= 0.3 is 11.9 Å². The van der Waals surface area contributed by atoms with Crippen LogP contribution in [0.3, 0.4) is 0 Å². The van der Waals surface area contributed by atoms with E-state index in [0.29, 0.717) is 19.3 Å². The van der Waals surface area contributed by atoms with E-state index < -0.39 is 17.4 Å². The standard InChI is InChI=1S/C15H24O5/c1-4-5-6-9-15(13(17)19-2,14(18)20-3)11-7-8-12(16)10-11/h11H,4-10H2,1-3H3. The molecule has 0 aromatic rings. The first kappa shape index (κ1) is 16.7. The molecule has 5 nitrogen and oxygen atoms in total. The van der Waals surface area contributed by atoms with Gasteiger partial charge in [-0.1, -0.05) is 26.2 Å². The van der Waals surface area contributed by atoms with Crippen molar-refractivity contribution in [3.8, 4) is 0 Å². The molecular weight excluding hydrogens is 260 g/mol. The summed E-state index contributed by atoms with van der Waals surface area (Å²) in [4.78, 5) is 36.1. The van der Waals surface area contributed by atoms with Gasteiger partial charge in [-0.2, -0.15) is 0 Å². The summed E-state index contributed by atoms with van der Waals surface area (Å²) in [5, 5.41) is 0. The van der Waals surface area contributed by atoms with Crippen LogP contribution in [0.25, 0.3) is 0 Å². The van der Waals surface area contributed by atoms with Gasteiger partial charge in [-0.15, -0.1) is 0 Å². The Morgan fingerprint density at radius 3 is 2.20 bits per heavy atom. The van der Waals surface area contributed by atoms with E-state index in [9.17, 15) is 14.4 Å². The van der Waals surface area contributed by atoms with Crippen LogP contribution < -0.4 is 0 Å². The summed E-state index contributed by atoms with van der Waals surface area (Å²) in [7, 11) is 2.55. The first-order valence-electron chi connectivity index (χ1n) is 7.21. The SMILES string of the molecule is CCCCCC(C(=O)OC)(C(=O)OC)C1CCC(=O)C1. The minimum absolute atomic E-state index is 0.0997. The summed E-state index contributed by atoms with van der Waals surface area (Å²) in [6, 6.07) is 0. The highest BCUT2D eigenvalue weighted by Gasteiger charge is 2.55. The van der Waals surface area contributed by atoms with E-state index in [-0.39, 0.29) is 18.1 Å². The summed E-state index contributed by atoms with van der Waals surface area (Å²) in [5.41, 5.74) is -1.31. The van der Waals surface area contributed by atoms with Crippen LogP contribution in [0.5, 0.6) is 0 Å². The number of rotatable bonds is 7. The first-order valence-corrected chi connectivity index (χ1v) is 7.21. The molecule has 0 bridgehead atoms. The van der Waals surface area contributed by atoms with Gasteiger partial charge in [0, 0.05) is 12.8 Å². The molecule has 0 heterocycles. The number of ether oxygens (including phenoxy) is 2. The Morgan fingerprint density at radius 1 is 1.20 bits per heavy atom. The largest absolute Gasteiger partial charge is 0.468 e. The van der Waals surface area contributed by atoms with Crippen LogP contribution in [0.2, 0.25) is 0 Å². The molecule has 1 fully saturated rings. The monoisotopic (exact) mass is 284 g/mol. The molecule has 0 aliphatic heterocycles. The molecule has 0 spiro atoms. The molecule has 0 saturated heterocycles. The predicted octanol–water partition coefficient (Wildman–Crippen LogP) is 2.27. The third-order valence-electron chi connectivity index (χ3n) is 4.22. The zero-order valence-corrected chi connectivity index (χ0v) is 12.6. The van der Waals surface area contributed by atoms with Gasteiger partial charge in [-0.25, -0.2) is 0 Å². The second kappa shape index (κ2) is 7.41. The van der Waals surface area contributed by atoms with Crippen molar-refractivity contribution in [2.45, 2.75) is 51.9 Å². The van der Waals surface area contributed by atoms with Crippen molar-refractivity contribution in [1.29, 1.82) is 0 Å². The molecule has 0 radical (unpaired) electrons. The highest BCUT2D eigenvalue weighted by atomic mass is 16.5. The maximum absolute atomic E-state index is 12.3. The zero-order chi connectivity index (χ0) is 15.2.